The van der Waals surface area contributed by atoms with Crippen molar-refractivity contribution >= 4 is 0 Å². The Balaban J connectivity index is 2.21. The lowest BCUT2D eigenvalue weighted by atomic mass is 9.60. The molecule has 116 valence electrons. The minimum atomic E-state index is -0.0123. The van der Waals surface area contributed by atoms with Crippen LogP contribution in [0.1, 0.15) is 67.7 Å². The van der Waals surface area contributed by atoms with E-state index in [4.69, 9.17) is 4.84 Å². The highest BCUT2D eigenvalue weighted by atomic mass is 16.7. The van der Waals surface area contributed by atoms with Gasteiger partial charge in [0.1, 0.15) is 0 Å². The summed E-state index contributed by atoms with van der Waals surface area (Å²) in [6.07, 6.45) is 6.24. The van der Waals surface area contributed by atoms with Crippen molar-refractivity contribution in [1.29, 1.82) is 0 Å². The van der Waals surface area contributed by atoms with E-state index in [0.717, 1.165) is 6.54 Å². The number of hydrogen-bond donors (Lipinski definition) is 0. The summed E-state index contributed by atoms with van der Waals surface area (Å²) < 4.78 is 0. The molecule has 1 heterocycles. The van der Waals surface area contributed by atoms with Crippen molar-refractivity contribution in [2.45, 2.75) is 79.4 Å². The van der Waals surface area contributed by atoms with Crippen LogP contribution in [0, 0.1) is 17.3 Å². The van der Waals surface area contributed by atoms with E-state index < -0.39 is 0 Å². The van der Waals surface area contributed by atoms with E-state index in [1.807, 2.05) is 0 Å². The summed E-state index contributed by atoms with van der Waals surface area (Å²) in [4.78, 5) is 6.25. The number of hydroxylamine groups is 2. The van der Waals surface area contributed by atoms with E-state index in [2.05, 4.69) is 59.6 Å². The summed E-state index contributed by atoms with van der Waals surface area (Å²) in [6.45, 7) is 17.1. The Morgan fingerprint density at radius 3 is 2.45 bits per heavy atom. The first-order valence-electron chi connectivity index (χ1n) is 8.28. The van der Waals surface area contributed by atoms with Gasteiger partial charge in [-0.3, -0.25) is 4.84 Å². The number of fused-ring (bicyclic) bond motifs is 1. The first-order chi connectivity index (χ1) is 9.18. The summed E-state index contributed by atoms with van der Waals surface area (Å²) >= 11 is 0. The van der Waals surface area contributed by atoms with Gasteiger partial charge in [-0.05, 0) is 58.3 Å². The number of nitrogens with zero attached hydrogens (tertiary/aromatic N) is 1. The van der Waals surface area contributed by atoms with Crippen molar-refractivity contribution in [3.8, 4) is 0 Å². The molecule has 2 nitrogen and oxygen atoms in total. The van der Waals surface area contributed by atoms with Gasteiger partial charge in [0.05, 0.1) is 5.60 Å². The first-order valence-corrected chi connectivity index (χ1v) is 8.28. The second-order valence-electron chi connectivity index (χ2n) is 8.21. The highest BCUT2D eigenvalue weighted by molar-refractivity contribution is 5.06. The summed E-state index contributed by atoms with van der Waals surface area (Å²) in [5, 5.41) is 2.26. The van der Waals surface area contributed by atoms with Gasteiger partial charge in [0.2, 0.25) is 0 Å². The Kier molecular flexibility index (Phi) is 4.37. The Bertz CT molecular complexity index is 383. The van der Waals surface area contributed by atoms with Crippen LogP contribution in [-0.4, -0.2) is 23.3 Å². The third-order valence-corrected chi connectivity index (χ3v) is 5.42. The lowest BCUT2D eigenvalue weighted by Gasteiger charge is -2.46. The summed E-state index contributed by atoms with van der Waals surface area (Å²) in [6, 6.07) is 0.606. The molecule has 1 saturated heterocycles. The molecule has 2 aliphatic rings. The second-order valence-corrected chi connectivity index (χ2v) is 8.21. The molecule has 0 aromatic heterocycles. The first kappa shape index (κ1) is 16.0. The Morgan fingerprint density at radius 1 is 1.25 bits per heavy atom. The fourth-order valence-corrected chi connectivity index (χ4v) is 4.49. The normalized spacial score (nSPS) is 40.5. The molecule has 2 rings (SSSR count). The average Bonchev–Trinajstić information content (AvgIpc) is 2.59. The predicted molar refractivity (Wildman–Crippen MR) is 85.4 cm³/mol. The molecule has 1 saturated carbocycles. The van der Waals surface area contributed by atoms with E-state index in [1.165, 1.54) is 24.8 Å². The smallest absolute Gasteiger partial charge is 0.0888 e. The minimum Gasteiger partial charge on any atom is -0.292 e. The monoisotopic (exact) mass is 279 g/mol. The van der Waals surface area contributed by atoms with Crippen LogP contribution in [0.2, 0.25) is 0 Å². The number of hydrogen-bond acceptors (Lipinski definition) is 2. The van der Waals surface area contributed by atoms with Crippen molar-refractivity contribution in [2.24, 2.45) is 17.3 Å². The number of rotatable bonds is 3. The zero-order chi connectivity index (χ0) is 15.1. The van der Waals surface area contributed by atoms with E-state index in [0.29, 0.717) is 23.3 Å². The van der Waals surface area contributed by atoms with Crippen LogP contribution >= 0.6 is 0 Å². The molecule has 0 bridgehead atoms. The van der Waals surface area contributed by atoms with E-state index in [9.17, 15) is 0 Å². The Hall–Kier alpha value is -0.340. The van der Waals surface area contributed by atoms with Crippen LogP contribution in [0.3, 0.4) is 0 Å². The van der Waals surface area contributed by atoms with Crippen LogP contribution in [0.15, 0.2) is 11.6 Å². The van der Waals surface area contributed by atoms with Gasteiger partial charge in [0, 0.05) is 18.5 Å². The molecule has 1 aliphatic carbocycles. The SMILES string of the molecule is CCN1OC(C)(C)C2CC(C)(CC=C(C)C)CC(C)C21. The quantitative estimate of drug-likeness (QED) is 0.687. The van der Waals surface area contributed by atoms with E-state index >= 15 is 0 Å². The molecule has 0 spiro atoms. The molecule has 4 atom stereocenters. The van der Waals surface area contributed by atoms with Gasteiger partial charge in [-0.1, -0.05) is 32.4 Å². The fourth-order valence-electron chi connectivity index (χ4n) is 4.49. The maximum Gasteiger partial charge on any atom is 0.0888 e. The molecule has 0 amide bonds. The molecule has 2 heteroatoms. The molecule has 0 aromatic rings. The lowest BCUT2D eigenvalue weighted by molar-refractivity contribution is -0.196. The van der Waals surface area contributed by atoms with Crippen LogP contribution in [0.5, 0.6) is 0 Å². The highest BCUT2D eigenvalue weighted by Gasteiger charge is 2.55. The van der Waals surface area contributed by atoms with Gasteiger partial charge in [0.25, 0.3) is 0 Å². The maximum atomic E-state index is 6.25. The van der Waals surface area contributed by atoms with Gasteiger partial charge < -0.3 is 0 Å². The third-order valence-electron chi connectivity index (χ3n) is 5.42. The molecule has 0 radical (unpaired) electrons. The van der Waals surface area contributed by atoms with E-state index in [-0.39, 0.29) is 5.60 Å². The fraction of sp³-hybridized carbons (Fsp3) is 0.889. The van der Waals surface area contributed by atoms with Gasteiger partial charge >= 0.3 is 0 Å². The maximum absolute atomic E-state index is 6.25. The summed E-state index contributed by atoms with van der Waals surface area (Å²) in [5.74, 6) is 1.37. The Morgan fingerprint density at radius 2 is 1.90 bits per heavy atom. The van der Waals surface area contributed by atoms with Crippen LogP contribution in [0.25, 0.3) is 0 Å². The molecule has 20 heavy (non-hydrogen) atoms. The van der Waals surface area contributed by atoms with Crippen molar-refractivity contribution in [3.63, 3.8) is 0 Å². The third kappa shape index (κ3) is 2.96. The largest absolute Gasteiger partial charge is 0.292 e. The number of allylic oxidation sites excluding steroid dienone is 2. The topological polar surface area (TPSA) is 12.5 Å². The van der Waals surface area contributed by atoms with Crippen LogP contribution < -0.4 is 0 Å². The second kappa shape index (κ2) is 5.46. The van der Waals surface area contributed by atoms with Crippen molar-refractivity contribution in [1.82, 2.24) is 5.06 Å². The van der Waals surface area contributed by atoms with Gasteiger partial charge in [-0.15, -0.1) is 0 Å². The molecule has 0 N–H and O–H groups in total. The zero-order valence-corrected chi connectivity index (χ0v) is 14.5. The van der Waals surface area contributed by atoms with Gasteiger partial charge in [0.15, 0.2) is 0 Å². The van der Waals surface area contributed by atoms with Crippen molar-refractivity contribution in [2.75, 3.05) is 6.54 Å². The van der Waals surface area contributed by atoms with Crippen molar-refractivity contribution in [3.05, 3.63) is 11.6 Å². The van der Waals surface area contributed by atoms with Crippen LogP contribution in [-0.2, 0) is 4.84 Å². The van der Waals surface area contributed by atoms with Crippen molar-refractivity contribution < 1.29 is 4.84 Å². The lowest BCUT2D eigenvalue weighted by Crippen LogP contribution is -2.47. The predicted octanol–water partition coefficient (Wildman–Crippen LogP) is 4.81. The molecule has 1 aliphatic heterocycles. The average molecular weight is 279 g/mol. The van der Waals surface area contributed by atoms with Crippen LogP contribution in [0.4, 0.5) is 0 Å². The van der Waals surface area contributed by atoms with E-state index in [1.54, 1.807) is 0 Å². The molecule has 2 fully saturated rings. The zero-order valence-electron chi connectivity index (χ0n) is 14.5. The molecule has 0 aromatic carbocycles. The summed E-state index contributed by atoms with van der Waals surface area (Å²) in [7, 11) is 0. The molecular weight excluding hydrogens is 246 g/mol. The molecular formula is C18H33NO. The van der Waals surface area contributed by atoms with Gasteiger partial charge in [-0.2, -0.15) is 5.06 Å². The standard InChI is InChI=1S/C18H33NO/c1-8-19-16-14(4)11-18(7,10-9-13(2)3)12-15(16)17(5,6)20-19/h9,14-16H,8,10-12H2,1-7H3. The highest BCUT2D eigenvalue weighted by Crippen LogP contribution is 2.53. The van der Waals surface area contributed by atoms with Gasteiger partial charge in [-0.25, -0.2) is 0 Å². The summed E-state index contributed by atoms with van der Waals surface area (Å²) in [5.41, 5.74) is 1.86. The Labute approximate surface area is 125 Å². The molecule has 4 unspecified atom stereocenters. The minimum absolute atomic E-state index is 0.0123.